The SMILES string of the molecule is C[C@H](Oc1ccc(Br)cc1)C(=O)N[C@@H]1CCS(=O)(=O)c2ccccc21. The van der Waals surface area contributed by atoms with Gasteiger partial charge in [0.25, 0.3) is 5.91 Å². The third-order valence-corrected chi connectivity index (χ3v) is 6.46. The van der Waals surface area contributed by atoms with Crippen LogP contribution in [-0.4, -0.2) is 26.2 Å². The molecule has 1 amide bonds. The molecule has 0 spiro atoms. The molecular weight excluding hydrogens is 406 g/mol. The molecule has 2 aromatic rings. The fraction of sp³-hybridized carbons (Fsp3) is 0.278. The topological polar surface area (TPSA) is 72.5 Å². The first kappa shape index (κ1) is 17.9. The fourth-order valence-electron chi connectivity index (χ4n) is 2.80. The van der Waals surface area contributed by atoms with Crippen LogP contribution in [0.15, 0.2) is 57.9 Å². The third-order valence-electron chi connectivity index (χ3n) is 4.12. The lowest BCUT2D eigenvalue weighted by molar-refractivity contribution is -0.128. The molecule has 0 unspecified atom stereocenters. The van der Waals surface area contributed by atoms with Gasteiger partial charge in [-0.3, -0.25) is 4.79 Å². The minimum Gasteiger partial charge on any atom is -0.481 e. The summed E-state index contributed by atoms with van der Waals surface area (Å²) in [6, 6.07) is 13.7. The Morgan fingerprint density at radius 2 is 1.88 bits per heavy atom. The first-order valence-corrected chi connectivity index (χ1v) is 10.4. The lowest BCUT2D eigenvalue weighted by Crippen LogP contribution is -2.40. The average molecular weight is 424 g/mol. The number of halogens is 1. The Morgan fingerprint density at radius 3 is 2.60 bits per heavy atom. The zero-order valence-corrected chi connectivity index (χ0v) is 16.0. The Kier molecular flexibility index (Phi) is 5.15. The van der Waals surface area contributed by atoms with Gasteiger partial charge in [-0.15, -0.1) is 0 Å². The van der Waals surface area contributed by atoms with Gasteiger partial charge in [0.2, 0.25) is 0 Å². The number of benzene rings is 2. The monoisotopic (exact) mass is 423 g/mol. The lowest BCUT2D eigenvalue weighted by Gasteiger charge is -2.27. The molecule has 1 heterocycles. The molecule has 0 aliphatic carbocycles. The molecule has 0 aromatic heterocycles. The summed E-state index contributed by atoms with van der Waals surface area (Å²) in [7, 11) is -3.27. The molecule has 5 nitrogen and oxygen atoms in total. The molecule has 0 radical (unpaired) electrons. The second kappa shape index (κ2) is 7.17. The summed E-state index contributed by atoms with van der Waals surface area (Å²) in [4.78, 5) is 12.8. The molecule has 132 valence electrons. The first-order chi connectivity index (χ1) is 11.9. The maximum atomic E-state index is 12.5. The predicted molar refractivity (Wildman–Crippen MR) is 98.2 cm³/mol. The Bertz CT molecular complexity index is 880. The summed E-state index contributed by atoms with van der Waals surface area (Å²) in [5, 5.41) is 2.91. The molecule has 0 saturated carbocycles. The number of rotatable bonds is 4. The molecule has 0 fully saturated rings. The van der Waals surface area contributed by atoms with Gasteiger partial charge in [-0.1, -0.05) is 34.1 Å². The van der Waals surface area contributed by atoms with Crippen molar-refractivity contribution in [1.29, 1.82) is 0 Å². The molecule has 2 aromatic carbocycles. The van der Waals surface area contributed by atoms with Crippen LogP contribution in [0, 0.1) is 0 Å². The zero-order chi connectivity index (χ0) is 18.0. The van der Waals surface area contributed by atoms with Crippen LogP contribution in [0.5, 0.6) is 5.75 Å². The van der Waals surface area contributed by atoms with Gasteiger partial charge in [-0.25, -0.2) is 8.42 Å². The summed E-state index contributed by atoms with van der Waals surface area (Å²) in [6.07, 6.45) is -0.331. The van der Waals surface area contributed by atoms with E-state index in [1.807, 2.05) is 12.1 Å². The maximum absolute atomic E-state index is 12.5. The molecule has 1 aliphatic rings. The van der Waals surface area contributed by atoms with Gasteiger partial charge in [0, 0.05) is 4.47 Å². The van der Waals surface area contributed by atoms with Gasteiger partial charge in [0.05, 0.1) is 16.7 Å². The average Bonchev–Trinajstić information content (AvgIpc) is 2.59. The second-order valence-electron chi connectivity index (χ2n) is 5.92. The predicted octanol–water partition coefficient (Wildman–Crippen LogP) is 3.25. The highest BCUT2D eigenvalue weighted by atomic mass is 79.9. The second-order valence-corrected chi connectivity index (χ2v) is 8.91. The van der Waals surface area contributed by atoms with E-state index in [2.05, 4.69) is 21.2 Å². The van der Waals surface area contributed by atoms with Gasteiger partial charge in [0.1, 0.15) is 5.75 Å². The minimum absolute atomic E-state index is 0.0247. The third kappa shape index (κ3) is 4.04. The number of amides is 1. The fourth-order valence-corrected chi connectivity index (χ4v) is 4.69. The number of fused-ring (bicyclic) bond motifs is 1. The highest BCUT2D eigenvalue weighted by molar-refractivity contribution is 9.10. The van der Waals surface area contributed by atoms with E-state index in [4.69, 9.17) is 4.74 Å². The van der Waals surface area contributed by atoms with Crippen molar-refractivity contribution >= 4 is 31.7 Å². The van der Waals surface area contributed by atoms with Crippen LogP contribution >= 0.6 is 15.9 Å². The summed E-state index contributed by atoms with van der Waals surface area (Å²) in [5.74, 6) is 0.344. The standard InChI is InChI=1S/C18H18BrNO4S/c1-12(24-14-8-6-13(19)7-9-14)18(21)20-16-10-11-25(22,23)17-5-3-2-4-15(16)17/h2-9,12,16H,10-11H2,1H3,(H,20,21)/t12-,16+/m0/s1. The van der Waals surface area contributed by atoms with Gasteiger partial charge in [-0.2, -0.15) is 0 Å². The Balaban J connectivity index is 1.71. The molecule has 1 aliphatic heterocycles. The van der Waals surface area contributed by atoms with Crippen molar-refractivity contribution < 1.29 is 17.9 Å². The lowest BCUT2D eigenvalue weighted by atomic mass is 10.0. The van der Waals surface area contributed by atoms with Crippen LogP contribution in [-0.2, 0) is 14.6 Å². The number of sulfone groups is 1. The van der Waals surface area contributed by atoms with E-state index in [9.17, 15) is 13.2 Å². The Morgan fingerprint density at radius 1 is 1.20 bits per heavy atom. The first-order valence-electron chi connectivity index (χ1n) is 7.91. The quantitative estimate of drug-likeness (QED) is 0.818. The van der Waals surface area contributed by atoms with E-state index in [1.165, 1.54) is 0 Å². The summed E-state index contributed by atoms with van der Waals surface area (Å²) >= 11 is 3.35. The van der Waals surface area contributed by atoms with Crippen LogP contribution in [0.1, 0.15) is 24.9 Å². The van der Waals surface area contributed by atoms with E-state index in [0.29, 0.717) is 22.6 Å². The molecule has 25 heavy (non-hydrogen) atoms. The summed E-state index contributed by atoms with van der Waals surface area (Å²) in [5.41, 5.74) is 0.637. The molecule has 0 saturated heterocycles. The van der Waals surface area contributed by atoms with Gasteiger partial charge < -0.3 is 10.1 Å². The van der Waals surface area contributed by atoms with Crippen LogP contribution in [0.3, 0.4) is 0 Å². The largest absolute Gasteiger partial charge is 0.481 e. The van der Waals surface area contributed by atoms with Crippen molar-refractivity contribution in [1.82, 2.24) is 5.32 Å². The Hall–Kier alpha value is -1.86. The molecule has 7 heteroatoms. The van der Waals surface area contributed by atoms with Gasteiger partial charge in [0.15, 0.2) is 15.9 Å². The van der Waals surface area contributed by atoms with Gasteiger partial charge >= 0.3 is 0 Å². The summed E-state index contributed by atoms with van der Waals surface area (Å²) in [6.45, 7) is 1.67. The molecule has 1 N–H and O–H groups in total. The highest BCUT2D eigenvalue weighted by Gasteiger charge is 2.31. The smallest absolute Gasteiger partial charge is 0.261 e. The van der Waals surface area contributed by atoms with Crippen LogP contribution in [0.25, 0.3) is 0 Å². The van der Waals surface area contributed by atoms with Crippen molar-refractivity contribution in [3.05, 3.63) is 58.6 Å². The molecule has 3 rings (SSSR count). The number of carbonyl (C=O) groups excluding carboxylic acids is 1. The normalized spacial score (nSPS) is 19.5. The maximum Gasteiger partial charge on any atom is 0.261 e. The van der Waals surface area contributed by atoms with E-state index < -0.39 is 15.9 Å². The number of carbonyl (C=O) groups is 1. The van der Waals surface area contributed by atoms with E-state index >= 15 is 0 Å². The number of ether oxygens (including phenoxy) is 1. The van der Waals surface area contributed by atoms with Crippen molar-refractivity contribution in [2.45, 2.75) is 30.4 Å². The van der Waals surface area contributed by atoms with Crippen LogP contribution in [0.2, 0.25) is 0 Å². The molecule has 0 bridgehead atoms. The number of hydrogen-bond donors (Lipinski definition) is 1. The van der Waals surface area contributed by atoms with Crippen molar-refractivity contribution in [3.63, 3.8) is 0 Å². The number of nitrogens with one attached hydrogen (secondary N) is 1. The zero-order valence-electron chi connectivity index (χ0n) is 13.6. The van der Waals surface area contributed by atoms with Crippen LogP contribution < -0.4 is 10.1 Å². The van der Waals surface area contributed by atoms with Crippen LogP contribution in [0.4, 0.5) is 0 Å². The van der Waals surface area contributed by atoms with Crippen molar-refractivity contribution in [2.75, 3.05) is 5.75 Å². The van der Waals surface area contributed by atoms with E-state index in [0.717, 1.165) is 4.47 Å². The Labute approximate surface area is 155 Å². The van der Waals surface area contributed by atoms with Crippen molar-refractivity contribution in [3.8, 4) is 5.75 Å². The van der Waals surface area contributed by atoms with E-state index in [1.54, 1.807) is 43.3 Å². The van der Waals surface area contributed by atoms with Gasteiger partial charge in [-0.05, 0) is 49.2 Å². The molecule has 2 atom stereocenters. The highest BCUT2D eigenvalue weighted by Crippen LogP contribution is 2.32. The van der Waals surface area contributed by atoms with E-state index in [-0.39, 0.29) is 17.7 Å². The minimum atomic E-state index is -3.27. The number of hydrogen-bond acceptors (Lipinski definition) is 4. The molecular formula is C18H18BrNO4S. The summed E-state index contributed by atoms with van der Waals surface area (Å²) < 4.78 is 30.9. The van der Waals surface area contributed by atoms with Crippen molar-refractivity contribution in [2.24, 2.45) is 0 Å².